The quantitative estimate of drug-likeness (QED) is 0.380. The molecule has 1 aromatic carbocycles. The number of hydrogen-bond acceptors (Lipinski definition) is 10. The van der Waals surface area contributed by atoms with Gasteiger partial charge in [-0.2, -0.15) is 5.10 Å². The summed E-state index contributed by atoms with van der Waals surface area (Å²) >= 11 is 6.55. The van der Waals surface area contributed by atoms with E-state index < -0.39 is 0 Å². The monoisotopic (exact) mass is 501 g/mol. The SMILES string of the molecule is Clc1cc(Nc2ncnc3cnc(N4CCC5COCC54)nc23)ccc1Oc1ccn2ncnc2c1. The van der Waals surface area contributed by atoms with Crippen LogP contribution in [0, 0.1) is 5.92 Å². The second kappa shape index (κ2) is 8.54. The molecule has 0 bridgehead atoms. The third-order valence-electron chi connectivity index (χ3n) is 6.60. The molecule has 0 amide bonds. The highest BCUT2D eigenvalue weighted by molar-refractivity contribution is 6.32. The number of hydrogen-bond donors (Lipinski definition) is 1. The van der Waals surface area contributed by atoms with Crippen molar-refractivity contribution in [1.82, 2.24) is 34.5 Å². The summed E-state index contributed by atoms with van der Waals surface area (Å²) < 4.78 is 13.3. The lowest BCUT2D eigenvalue weighted by atomic mass is 10.1. The summed E-state index contributed by atoms with van der Waals surface area (Å²) in [5, 5.41) is 7.85. The smallest absolute Gasteiger partial charge is 0.226 e. The van der Waals surface area contributed by atoms with E-state index >= 15 is 0 Å². The molecule has 2 aliphatic rings. The number of ether oxygens (including phenoxy) is 2. The summed E-state index contributed by atoms with van der Waals surface area (Å²) in [6.45, 7) is 2.43. The lowest BCUT2D eigenvalue weighted by molar-refractivity contribution is 0.179. The molecule has 2 fully saturated rings. The van der Waals surface area contributed by atoms with E-state index in [1.54, 1.807) is 41.2 Å². The van der Waals surface area contributed by atoms with Gasteiger partial charge in [-0.3, -0.25) is 0 Å². The maximum Gasteiger partial charge on any atom is 0.226 e. The number of benzene rings is 1. The molecule has 4 aromatic heterocycles. The van der Waals surface area contributed by atoms with Gasteiger partial charge in [-0.1, -0.05) is 11.6 Å². The molecule has 36 heavy (non-hydrogen) atoms. The minimum Gasteiger partial charge on any atom is -0.456 e. The number of fused-ring (bicyclic) bond motifs is 3. The summed E-state index contributed by atoms with van der Waals surface area (Å²) in [5.74, 6) is 2.91. The molecule has 7 rings (SSSR count). The van der Waals surface area contributed by atoms with Crippen molar-refractivity contribution in [1.29, 1.82) is 0 Å². The number of nitrogens with zero attached hydrogens (tertiary/aromatic N) is 8. The highest BCUT2D eigenvalue weighted by Gasteiger charge is 2.39. The van der Waals surface area contributed by atoms with E-state index in [2.05, 4.69) is 35.3 Å². The second-order valence-corrected chi connectivity index (χ2v) is 9.18. The zero-order chi connectivity index (χ0) is 24.1. The number of pyridine rings is 1. The molecule has 12 heteroatoms. The van der Waals surface area contributed by atoms with Gasteiger partial charge < -0.3 is 19.7 Å². The van der Waals surface area contributed by atoms with Crippen LogP contribution in [0.5, 0.6) is 11.5 Å². The second-order valence-electron chi connectivity index (χ2n) is 8.77. The normalized spacial score (nSPS) is 19.2. The Hall–Kier alpha value is -4.09. The first-order chi connectivity index (χ1) is 17.7. The lowest BCUT2D eigenvalue weighted by Gasteiger charge is -2.22. The molecule has 2 saturated heterocycles. The van der Waals surface area contributed by atoms with Crippen molar-refractivity contribution in [2.24, 2.45) is 5.92 Å². The molecule has 6 heterocycles. The minimum atomic E-state index is 0.320. The molecule has 180 valence electrons. The van der Waals surface area contributed by atoms with Crippen molar-refractivity contribution < 1.29 is 9.47 Å². The topological polar surface area (TPSA) is 115 Å². The average Bonchev–Trinajstić information content (AvgIpc) is 3.63. The van der Waals surface area contributed by atoms with Gasteiger partial charge in [-0.15, -0.1) is 0 Å². The Bertz CT molecular complexity index is 1590. The van der Waals surface area contributed by atoms with Gasteiger partial charge in [0.15, 0.2) is 11.5 Å². The number of nitrogens with one attached hydrogen (secondary N) is 1. The Morgan fingerprint density at radius 3 is 2.97 bits per heavy atom. The fourth-order valence-corrected chi connectivity index (χ4v) is 5.01. The first-order valence-corrected chi connectivity index (χ1v) is 11.9. The Morgan fingerprint density at radius 2 is 2.03 bits per heavy atom. The molecular formula is C24H20ClN9O2. The van der Waals surface area contributed by atoms with Gasteiger partial charge in [0.25, 0.3) is 0 Å². The van der Waals surface area contributed by atoms with Crippen molar-refractivity contribution in [3.8, 4) is 11.5 Å². The summed E-state index contributed by atoms with van der Waals surface area (Å²) in [5.41, 5.74) is 2.72. The van der Waals surface area contributed by atoms with E-state index in [-0.39, 0.29) is 0 Å². The van der Waals surface area contributed by atoms with Crippen molar-refractivity contribution in [2.75, 3.05) is 30.0 Å². The van der Waals surface area contributed by atoms with Gasteiger partial charge in [0, 0.05) is 30.4 Å². The molecular weight excluding hydrogens is 482 g/mol. The first-order valence-electron chi connectivity index (χ1n) is 11.6. The van der Waals surface area contributed by atoms with Crippen LogP contribution in [0.15, 0.2) is 55.4 Å². The molecule has 5 aromatic rings. The highest BCUT2D eigenvalue weighted by atomic mass is 35.5. The van der Waals surface area contributed by atoms with Gasteiger partial charge in [0.1, 0.15) is 35.2 Å². The molecule has 0 saturated carbocycles. The van der Waals surface area contributed by atoms with Crippen LogP contribution >= 0.6 is 11.6 Å². The maximum atomic E-state index is 6.55. The standard InChI is InChI=1S/C24H20ClN9O2/c25-17-7-15(1-2-20(17)36-16-4-6-34-21(8-16)28-13-30-34)31-23-22-18(27-12-29-23)9-26-24(32-22)33-5-3-14-10-35-11-19(14)33/h1-2,4,6-9,12-14,19H,3,5,10-11H2,(H,27,29,31). The molecule has 0 spiro atoms. The van der Waals surface area contributed by atoms with E-state index in [1.165, 1.54) is 12.7 Å². The zero-order valence-corrected chi connectivity index (χ0v) is 19.7. The zero-order valence-electron chi connectivity index (χ0n) is 19.0. The predicted molar refractivity (Wildman–Crippen MR) is 133 cm³/mol. The van der Waals surface area contributed by atoms with Crippen LogP contribution in [0.1, 0.15) is 6.42 Å². The molecule has 2 unspecified atom stereocenters. The van der Waals surface area contributed by atoms with Crippen LogP contribution < -0.4 is 15.0 Å². The lowest BCUT2D eigenvalue weighted by Crippen LogP contribution is -2.34. The van der Waals surface area contributed by atoms with E-state index in [0.29, 0.717) is 63.5 Å². The summed E-state index contributed by atoms with van der Waals surface area (Å²) in [7, 11) is 0. The fraction of sp³-hybridized carbons (Fsp3) is 0.250. The molecule has 1 N–H and O–H groups in total. The van der Waals surface area contributed by atoms with Gasteiger partial charge >= 0.3 is 0 Å². The van der Waals surface area contributed by atoms with Crippen LogP contribution in [0.3, 0.4) is 0 Å². The largest absolute Gasteiger partial charge is 0.456 e. The minimum absolute atomic E-state index is 0.320. The van der Waals surface area contributed by atoms with E-state index in [0.717, 1.165) is 25.3 Å². The van der Waals surface area contributed by atoms with Crippen molar-refractivity contribution in [3.63, 3.8) is 0 Å². The van der Waals surface area contributed by atoms with Crippen LogP contribution in [-0.2, 0) is 4.74 Å². The van der Waals surface area contributed by atoms with Crippen LogP contribution in [0.4, 0.5) is 17.5 Å². The van der Waals surface area contributed by atoms with E-state index in [4.69, 9.17) is 26.1 Å². The number of anilines is 3. The number of aromatic nitrogens is 7. The Morgan fingerprint density at radius 1 is 1.06 bits per heavy atom. The highest BCUT2D eigenvalue weighted by Crippen LogP contribution is 2.35. The van der Waals surface area contributed by atoms with E-state index in [1.807, 2.05) is 6.07 Å². The third-order valence-corrected chi connectivity index (χ3v) is 6.90. The number of halogens is 1. The van der Waals surface area contributed by atoms with Crippen molar-refractivity contribution in [2.45, 2.75) is 12.5 Å². The summed E-state index contributed by atoms with van der Waals surface area (Å²) in [6.07, 6.45) is 7.58. The van der Waals surface area contributed by atoms with Crippen LogP contribution in [-0.4, -0.2) is 60.3 Å². The fourth-order valence-electron chi connectivity index (χ4n) is 4.79. The van der Waals surface area contributed by atoms with Gasteiger partial charge in [-0.05, 0) is 30.7 Å². The van der Waals surface area contributed by atoms with Gasteiger partial charge in [0.2, 0.25) is 5.95 Å². The third kappa shape index (κ3) is 3.73. The molecule has 11 nitrogen and oxygen atoms in total. The van der Waals surface area contributed by atoms with Crippen LogP contribution in [0.25, 0.3) is 16.7 Å². The van der Waals surface area contributed by atoms with E-state index in [9.17, 15) is 0 Å². The molecule has 0 aliphatic carbocycles. The maximum absolute atomic E-state index is 6.55. The Kier molecular flexibility index (Phi) is 5.03. The van der Waals surface area contributed by atoms with Gasteiger partial charge in [-0.25, -0.2) is 29.4 Å². The first kappa shape index (κ1) is 21.2. The Balaban J connectivity index is 1.15. The predicted octanol–water partition coefficient (Wildman–Crippen LogP) is 3.88. The summed E-state index contributed by atoms with van der Waals surface area (Å²) in [6, 6.07) is 9.36. The van der Waals surface area contributed by atoms with Crippen molar-refractivity contribution in [3.05, 3.63) is 60.4 Å². The average molecular weight is 502 g/mol. The molecule has 0 radical (unpaired) electrons. The molecule has 2 atom stereocenters. The Labute approximate surface area is 210 Å². The number of rotatable bonds is 5. The molecule has 2 aliphatic heterocycles. The summed E-state index contributed by atoms with van der Waals surface area (Å²) in [4.78, 5) is 24.6. The van der Waals surface area contributed by atoms with Crippen molar-refractivity contribution >= 4 is 45.7 Å². The van der Waals surface area contributed by atoms with Crippen LogP contribution in [0.2, 0.25) is 5.02 Å². The van der Waals surface area contributed by atoms with Gasteiger partial charge in [0.05, 0.1) is 30.5 Å².